The Morgan fingerprint density at radius 3 is 2.98 bits per heavy atom. The fraction of sp³-hybridized carbons (Fsp3) is 0.400. The van der Waals surface area contributed by atoms with Crippen LogP contribution in [0.25, 0.3) is 11.3 Å². The number of nitrogens with one attached hydrogen (secondary N) is 2. The molecule has 0 saturated carbocycles. The van der Waals surface area contributed by atoms with Crippen LogP contribution >= 0.6 is 0 Å². The van der Waals surface area contributed by atoms with E-state index >= 15 is 0 Å². The number of carbonyl (C=O) groups is 1. The van der Waals surface area contributed by atoms with Gasteiger partial charge in [0.05, 0.1) is 12.3 Å². The number of anilines is 3. The van der Waals surface area contributed by atoms with Crippen LogP contribution < -0.4 is 15.4 Å². The van der Waals surface area contributed by atoms with Crippen LogP contribution in [0.5, 0.6) is 5.75 Å². The van der Waals surface area contributed by atoms with E-state index in [4.69, 9.17) is 9.72 Å². The standard InChI is InChI=1S/C35H45N7O2/c1-40(2)17-8-11-34(43)42-19-14-27(26-42)12-15-36-30-21-28-22-31(24-30)38-35-37-16-13-33(39-35)29-9-7-10-32(23-29)44-20-6-4-5-18-41(3)25-28/h4-5,7-11,13,16,21-24,27,36H,6,12,14-15,17-20,25-26H2,1-3H3,(H,37,38,39)/b5-4+,11-8+. The highest BCUT2D eigenvalue weighted by molar-refractivity contribution is 5.87. The lowest BCUT2D eigenvalue weighted by Crippen LogP contribution is -2.27. The maximum atomic E-state index is 12.6. The molecule has 9 heteroatoms. The van der Waals surface area contributed by atoms with Crippen molar-refractivity contribution in [2.75, 3.05) is 71.1 Å². The normalized spacial score (nSPS) is 18.4. The number of hydrogen-bond donors (Lipinski definition) is 2. The van der Waals surface area contributed by atoms with Gasteiger partial charge in [0.1, 0.15) is 5.75 Å². The van der Waals surface area contributed by atoms with Gasteiger partial charge in [-0.3, -0.25) is 9.69 Å². The summed E-state index contributed by atoms with van der Waals surface area (Å²) in [7, 11) is 6.14. The summed E-state index contributed by atoms with van der Waals surface area (Å²) in [6.45, 7) is 5.54. The second-order valence-electron chi connectivity index (χ2n) is 12.0. The van der Waals surface area contributed by atoms with E-state index in [1.165, 1.54) is 5.56 Å². The highest BCUT2D eigenvalue weighted by Gasteiger charge is 2.24. The van der Waals surface area contributed by atoms with Crippen molar-refractivity contribution in [1.82, 2.24) is 24.7 Å². The van der Waals surface area contributed by atoms with Crippen molar-refractivity contribution in [3.05, 3.63) is 84.6 Å². The Morgan fingerprint density at radius 2 is 2.09 bits per heavy atom. The average Bonchev–Trinajstić information content (AvgIpc) is 3.48. The number of rotatable bonds is 7. The summed E-state index contributed by atoms with van der Waals surface area (Å²) in [5, 5.41) is 7.10. The monoisotopic (exact) mass is 595 g/mol. The number of ether oxygens (including phenoxy) is 1. The number of hydrogen-bond acceptors (Lipinski definition) is 8. The van der Waals surface area contributed by atoms with Gasteiger partial charge in [0.25, 0.3) is 0 Å². The fourth-order valence-corrected chi connectivity index (χ4v) is 5.56. The van der Waals surface area contributed by atoms with Gasteiger partial charge in [0.15, 0.2) is 0 Å². The van der Waals surface area contributed by atoms with E-state index in [-0.39, 0.29) is 5.91 Å². The molecule has 0 aliphatic carbocycles. The molecule has 9 nitrogen and oxygen atoms in total. The molecule has 1 aromatic heterocycles. The van der Waals surface area contributed by atoms with Gasteiger partial charge in [-0.25, -0.2) is 9.97 Å². The summed E-state index contributed by atoms with van der Waals surface area (Å²) < 4.78 is 5.99. The Balaban J connectivity index is 1.27. The zero-order valence-corrected chi connectivity index (χ0v) is 26.2. The molecular weight excluding hydrogens is 550 g/mol. The topological polar surface area (TPSA) is 85.9 Å². The molecule has 0 spiro atoms. The molecule has 1 fully saturated rings. The summed E-state index contributed by atoms with van der Waals surface area (Å²) in [5.74, 6) is 2.00. The first-order valence-electron chi connectivity index (χ1n) is 15.6. The van der Waals surface area contributed by atoms with Gasteiger partial charge in [0, 0.05) is 68.5 Å². The Bertz CT molecular complexity index is 1450. The molecule has 2 aliphatic rings. The molecule has 5 rings (SSSR count). The van der Waals surface area contributed by atoms with Crippen LogP contribution in [0.4, 0.5) is 17.3 Å². The second kappa shape index (κ2) is 15.5. The van der Waals surface area contributed by atoms with Crippen LogP contribution in [0.1, 0.15) is 24.8 Å². The zero-order chi connectivity index (χ0) is 30.7. The average molecular weight is 596 g/mol. The maximum Gasteiger partial charge on any atom is 0.246 e. The molecule has 3 aromatic rings. The molecule has 0 radical (unpaired) electrons. The number of aromatic nitrogens is 2. The van der Waals surface area contributed by atoms with Crippen molar-refractivity contribution in [3.63, 3.8) is 0 Å². The number of nitrogens with zero attached hydrogens (tertiary/aromatic N) is 5. The summed E-state index contributed by atoms with van der Waals surface area (Å²) in [5.41, 5.74) is 5.01. The minimum Gasteiger partial charge on any atom is -0.493 e. The molecule has 1 amide bonds. The van der Waals surface area contributed by atoms with Crippen LogP contribution in [0.2, 0.25) is 0 Å². The zero-order valence-electron chi connectivity index (χ0n) is 26.2. The molecule has 1 atom stereocenters. The van der Waals surface area contributed by atoms with E-state index in [9.17, 15) is 4.79 Å². The van der Waals surface area contributed by atoms with Crippen molar-refractivity contribution in [2.45, 2.75) is 25.8 Å². The van der Waals surface area contributed by atoms with Crippen molar-refractivity contribution < 1.29 is 9.53 Å². The van der Waals surface area contributed by atoms with Gasteiger partial charge in [0.2, 0.25) is 11.9 Å². The highest BCUT2D eigenvalue weighted by Crippen LogP contribution is 2.27. The Labute approximate surface area is 261 Å². The number of likely N-dealkylation sites (N-methyl/N-ethyl adjacent to an activating group) is 2. The molecule has 3 heterocycles. The molecule has 1 unspecified atom stereocenters. The molecular formula is C35H45N7O2. The summed E-state index contributed by atoms with van der Waals surface area (Å²) >= 11 is 0. The van der Waals surface area contributed by atoms with E-state index in [0.717, 1.165) is 86.9 Å². The van der Waals surface area contributed by atoms with E-state index in [2.05, 4.69) is 57.9 Å². The Kier molecular flexibility index (Phi) is 11.0. The number of benzene rings is 2. The lowest BCUT2D eigenvalue weighted by Gasteiger charge is -2.18. The summed E-state index contributed by atoms with van der Waals surface area (Å²) in [4.78, 5) is 28.2. The minimum absolute atomic E-state index is 0.120. The van der Waals surface area contributed by atoms with Crippen LogP contribution in [0.15, 0.2) is 79.0 Å². The molecule has 44 heavy (non-hydrogen) atoms. The third kappa shape index (κ3) is 9.39. The highest BCUT2D eigenvalue weighted by atomic mass is 16.5. The third-order valence-electron chi connectivity index (χ3n) is 7.83. The number of fused-ring (bicyclic) bond motifs is 7. The first-order valence-corrected chi connectivity index (χ1v) is 15.6. The van der Waals surface area contributed by atoms with Crippen molar-refractivity contribution in [1.29, 1.82) is 0 Å². The fourth-order valence-electron chi connectivity index (χ4n) is 5.56. The first-order chi connectivity index (χ1) is 21.4. The Hall–Kier alpha value is -4.21. The van der Waals surface area contributed by atoms with Crippen molar-refractivity contribution in [2.24, 2.45) is 5.92 Å². The van der Waals surface area contributed by atoms with Gasteiger partial charge in [-0.2, -0.15) is 0 Å². The van der Waals surface area contributed by atoms with Crippen molar-refractivity contribution in [3.8, 4) is 17.0 Å². The third-order valence-corrected chi connectivity index (χ3v) is 7.83. The van der Waals surface area contributed by atoms with Crippen LogP contribution in [0.3, 0.4) is 0 Å². The molecule has 2 N–H and O–H groups in total. The molecule has 2 aliphatic heterocycles. The Morgan fingerprint density at radius 1 is 1.18 bits per heavy atom. The first kappa shape index (κ1) is 31.2. The smallest absolute Gasteiger partial charge is 0.246 e. The summed E-state index contributed by atoms with van der Waals surface area (Å²) in [6.07, 6.45) is 12.7. The SMILES string of the molecule is CN(C)C/C=C/C(=O)N1CCC(CCNc2cc3cc(c2)Nc2nccc(n2)-c2cccc(c2)OCC/C=C/CN(C)C3)C1. The molecule has 232 valence electrons. The number of amides is 1. The minimum atomic E-state index is 0.120. The predicted octanol–water partition coefficient (Wildman–Crippen LogP) is 5.43. The largest absolute Gasteiger partial charge is 0.493 e. The number of likely N-dealkylation sites (tertiary alicyclic amines) is 1. The lowest BCUT2D eigenvalue weighted by molar-refractivity contribution is -0.125. The van der Waals surface area contributed by atoms with Crippen LogP contribution in [-0.4, -0.2) is 91.0 Å². The van der Waals surface area contributed by atoms with Gasteiger partial charge in [-0.1, -0.05) is 30.4 Å². The second-order valence-corrected chi connectivity index (χ2v) is 12.0. The number of carbonyl (C=O) groups excluding carboxylic acids is 1. The van der Waals surface area contributed by atoms with E-state index < -0.39 is 0 Å². The quantitative estimate of drug-likeness (QED) is 0.277. The molecule has 1 saturated heterocycles. The van der Waals surface area contributed by atoms with Gasteiger partial charge in [-0.05, 0) is 88.3 Å². The van der Waals surface area contributed by atoms with Crippen LogP contribution in [-0.2, 0) is 11.3 Å². The predicted molar refractivity (Wildman–Crippen MR) is 178 cm³/mol. The molecule has 2 aromatic carbocycles. The van der Waals surface area contributed by atoms with Crippen LogP contribution in [0, 0.1) is 5.92 Å². The van der Waals surface area contributed by atoms with Crippen molar-refractivity contribution >= 4 is 23.2 Å². The van der Waals surface area contributed by atoms with E-state index in [1.807, 2.05) is 60.3 Å². The van der Waals surface area contributed by atoms with Gasteiger partial charge in [-0.15, -0.1) is 0 Å². The molecule has 6 bridgehead atoms. The van der Waals surface area contributed by atoms with E-state index in [0.29, 0.717) is 18.5 Å². The summed E-state index contributed by atoms with van der Waals surface area (Å²) in [6, 6.07) is 16.5. The lowest BCUT2D eigenvalue weighted by atomic mass is 10.1. The maximum absolute atomic E-state index is 12.6. The van der Waals surface area contributed by atoms with E-state index in [1.54, 1.807) is 12.3 Å². The van der Waals surface area contributed by atoms with Gasteiger partial charge < -0.3 is 25.2 Å². The van der Waals surface area contributed by atoms with Gasteiger partial charge >= 0.3 is 0 Å².